The van der Waals surface area contributed by atoms with Crippen molar-refractivity contribution in [2.24, 2.45) is 11.8 Å². The molecule has 4 rings (SSSR count). The van der Waals surface area contributed by atoms with Crippen LogP contribution >= 0.6 is 0 Å². The number of para-hydroxylation sites is 1. The Morgan fingerprint density at radius 2 is 1.89 bits per heavy atom. The molecule has 0 unspecified atom stereocenters. The molecule has 1 fully saturated rings. The van der Waals surface area contributed by atoms with E-state index in [-0.39, 0.29) is 29.3 Å². The Morgan fingerprint density at radius 1 is 1.15 bits per heavy atom. The number of aromatic nitrogens is 3. The fourth-order valence-electron chi connectivity index (χ4n) is 3.97. The maximum absolute atomic E-state index is 12.6. The first-order chi connectivity index (χ1) is 13.0. The van der Waals surface area contributed by atoms with Gasteiger partial charge < -0.3 is 9.88 Å². The van der Waals surface area contributed by atoms with Crippen LogP contribution in [0.3, 0.4) is 0 Å². The minimum Gasteiger partial charge on any atom is -0.319 e. The van der Waals surface area contributed by atoms with Gasteiger partial charge in [-0.25, -0.2) is 12.7 Å². The molecule has 27 heavy (non-hydrogen) atoms. The SMILES string of the molecule is CCCS(=O)(=O)N1C[C@H]2Cc3nnc(C(=O)Nc4ccccc4)n3C[C@H]2C1. The number of nitrogens with zero attached hydrogens (tertiary/aromatic N) is 4. The average Bonchev–Trinajstić information content (AvgIpc) is 3.24. The zero-order valence-electron chi connectivity index (χ0n) is 15.2. The predicted molar refractivity (Wildman–Crippen MR) is 101 cm³/mol. The predicted octanol–water partition coefficient (Wildman–Crippen LogP) is 1.37. The fraction of sp³-hybridized carbons (Fsp3) is 0.500. The van der Waals surface area contributed by atoms with Crippen molar-refractivity contribution in [1.29, 1.82) is 0 Å². The lowest BCUT2D eigenvalue weighted by Gasteiger charge is -2.25. The summed E-state index contributed by atoms with van der Waals surface area (Å²) in [6, 6.07) is 9.21. The van der Waals surface area contributed by atoms with Gasteiger partial charge in [-0.3, -0.25) is 4.79 Å². The zero-order chi connectivity index (χ0) is 19.0. The summed E-state index contributed by atoms with van der Waals surface area (Å²) >= 11 is 0. The van der Waals surface area contributed by atoms with E-state index < -0.39 is 10.0 Å². The van der Waals surface area contributed by atoms with E-state index in [0.29, 0.717) is 38.2 Å². The van der Waals surface area contributed by atoms with Crippen molar-refractivity contribution >= 4 is 21.6 Å². The van der Waals surface area contributed by atoms with Gasteiger partial charge in [0.05, 0.1) is 5.75 Å². The second-order valence-electron chi connectivity index (χ2n) is 7.23. The van der Waals surface area contributed by atoms with Gasteiger partial charge in [-0.2, -0.15) is 0 Å². The monoisotopic (exact) mass is 389 g/mol. The molecule has 0 saturated carbocycles. The second kappa shape index (κ2) is 7.05. The first-order valence-corrected chi connectivity index (χ1v) is 10.8. The van der Waals surface area contributed by atoms with Gasteiger partial charge in [0.25, 0.3) is 5.91 Å². The number of hydrogen-bond donors (Lipinski definition) is 1. The molecule has 2 aliphatic heterocycles. The number of sulfonamides is 1. The van der Waals surface area contributed by atoms with Gasteiger partial charge in [-0.1, -0.05) is 25.1 Å². The van der Waals surface area contributed by atoms with Crippen LogP contribution in [0, 0.1) is 11.8 Å². The topological polar surface area (TPSA) is 97.2 Å². The van der Waals surface area contributed by atoms with E-state index in [1.165, 1.54) is 0 Å². The molecule has 1 amide bonds. The molecule has 1 saturated heterocycles. The number of hydrogen-bond acceptors (Lipinski definition) is 5. The molecule has 1 aromatic heterocycles. The van der Waals surface area contributed by atoms with E-state index in [2.05, 4.69) is 15.5 Å². The summed E-state index contributed by atoms with van der Waals surface area (Å²) in [4.78, 5) is 12.6. The molecule has 9 heteroatoms. The van der Waals surface area contributed by atoms with E-state index in [9.17, 15) is 13.2 Å². The molecule has 2 aromatic rings. The Kier molecular flexibility index (Phi) is 4.73. The maximum atomic E-state index is 12.6. The quantitative estimate of drug-likeness (QED) is 0.833. The number of benzene rings is 1. The van der Waals surface area contributed by atoms with Gasteiger partial charge in [-0.15, -0.1) is 10.2 Å². The highest BCUT2D eigenvalue weighted by molar-refractivity contribution is 7.89. The van der Waals surface area contributed by atoms with Crippen LogP contribution in [0.2, 0.25) is 0 Å². The highest BCUT2D eigenvalue weighted by Crippen LogP contribution is 2.34. The normalized spacial score (nSPS) is 22.3. The molecule has 2 aliphatic rings. The number of carbonyl (C=O) groups excluding carboxylic acids is 1. The first-order valence-electron chi connectivity index (χ1n) is 9.24. The van der Waals surface area contributed by atoms with Crippen LogP contribution in [0.1, 0.15) is 29.8 Å². The summed E-state index contributed by atoms with van der Waals surface area (Å²) in [6.07, 6.45) is 1.26. The average molecular weight is 389 g/mol. The lowest BCUT2D eigenvalue weighted by Crippen LogP contribution is -2.31. The van der Waals surface area contributed by atoms with Crippen molar-refractivity contribution in [3.8, 4) is 0 Å². The molecule has 1 aromatic carbocycles. The smallest absolute Gasteiger partial charge is 0.293 e. The Balaban J connectivity index is 1.50. The summed E-state index contributed by atoms with van der Waals surface area (Å²) < 4.78 is 28.2. The third kappa shape index (κ3) is 3.49. The van der Waals surface area contributed by atoms with Crippen LogP contribution in [0.25, 0.3) is 0 Å². The van der Waals surface area contributed by atoms with Crippen LogP contribution in [0.15, 0.2) is 30.3 Å². The highest BCUT2D eigenvalue weighted by Gasteiger charge is 2.42. The third-order valence-electron chi connectivity index (χ3n) is 5.32. The lowest BCUT2D eigenvalue weighted by molar-refractivity contribution is 0.100. The van der Waals surface area contributed by atoms with Gasteiger partial charge in [0, 0.05) is 31.7 Å². The Hall–Kier alpha value is -2.26. The van der Waals surface area contributed by atoms with Crippen molar-refractivity contribution in [2.45, 2.75) is 26.3 Å². The van der Waals surface area contributed by atoms with Gasteiger partial charge in [0.2, 0.25) is 15.8 Å². The number of carbonyl (C=O) groups is 1. The number of anilines is 1. The second-order valence-corrected chi connectivity index (χ2v) is 9.32. The minimum absolute atomic E-state index is 0.184. The van der Waals surface area contributed by atoms with Crippen LogP contribution in [0.5, 0.6) is 0 Å². The van der Waals surface area contributed by atoms with Crippen molar-refractivity contribution in [1.82, 2.24) is 19.1 Å². The van der Waals surface area contributed by atoms with Gasteiger partial charge in [0.1, 0.15) is 5.82 Å². The van der Waals surface area contributed by atoms with Crippen molar-refractivity contribution < 1.29 is 13.2 Å². The maximum Gasteiger partial charge on any atom is 0.293 e. The van der Waals surface area contributed by atoms with Gasteiger partial charge in [0.15, 0.2) is 0 Å². The molecular formula is C18H23N5O3S. The molecule has 0 bridgehead atoms. The molecule has 3 heterocycles. The standard InChI is InChI=1S/C18H23N5O3S/c1-2-8-27(25,26)22-10-13-9-16-20-21-17(23(16)12-14(13)11-22)18(24)19-15-6-4-3-5-7-15/h3-7,13-14H,2,8-12H2,1H3,(H,19,24)/t13-,14-/m1/s1. The molecule has 2 atom stereocenters. The van der Waals surface area contributed by atoms with E-state index in [0.717, 1.165) is 5.82 Å². The lowest BCUT2D eigenvalue weighted by atomic mass is 9.89. The van der Waals surface area contributed by atoms with Crippen molar-refractivity contribution in [3.05, 3.63) is 42.0 Å². The van der Waals surface area contributed by atoms with Crippen molar-refractivity contribution in [3.63, 3.8) is 0 Å². The molecule has 0 aliphatic carbocycles. The number of fused-ring (bicyclic) bond motifs is 2. The van der Waals surface area contributed by atoms with Crippen molar-refractivity contribution in [2.75, 3.05) is 24.2 Å². The van der Waals surface area contributed by atoms with Crippen LogP contribution in [-0.4, -0.2) is 52.2 Å². The Labute approximate surface area is 158 Å². The summed E-state index contributed by atoms with van der Waals surface area (Å²) in [7, 11) is -3.20. The first kappa shape index (κ1) is 18.1. The van der Waals surface area contributed by atoms with E-state index in [4.69, 9.17) is 0 Å². The van der Waals surface area contributed by atoms with Crippen LogP contribution < -0.4 is 5.32 Å². The highest BCUT2D eigenvalue weighted by atomic mass is 32.2. The van der Waals surface area contributed by atoms with Crippen LogP contribution in [0.4, 0.5) is 5.69 Å². The molecule has 0 spiro atoms. The molecule has 0 radical (unpaired) electrons. The van der Waals surface area contributed by atoms with E-state index in [1.807, 2.05) is 41.8 Å². The van der Waals surface area contributed by atoms with Crippen LogP contribution in [-0.2, 0) is 23.0 Å². The van der Waals surface area contributed by atoms with E-state index in [1.54, 1.807) is 4.31 Å². The number of nitrogens with one attached hydrogen (secondary N) is 1. The summed E-state index contributed by atoms with van der Waals surface area (Å²) in [5.74, 6) is 1.34. The molecular weight excluding hydrogens is 366 g/mol. The summed E-state index contributed by atoms with van der Waals surface area (Å²) in [5, 5.41) is 11.1. The Morgan fingerprint density at radius 3 is 2.63 bits per heavy atom. The van der Waals surface area contributed by atoms with Gasteiger partial charge in [-0.05, 0) is 30.4 Å². The summed E-state index contributed by atoms with van der Waals surface area (Å²) in [6.45, 7) is 3.48. The largest absolute Gasteiger partial charge is 0.319 e. The zero-order valence-corrected chi connectivity index (χ0v) is 16.0. The van der Waals surface area contributed by atoms with E-state index >= 15 is 0 Å². The molecule has 1 N–H and O–H groups in total. The Bertz CT molecular complexity index is 941. The number of amides is 1. The fourth-order valence-corrected chi connectivity index (χ4v) is 5.58. The minimum atomic E-state index is -3.20. The molecule has 8 nitrogen and oxygen atoms in total. The molecule has 144 valence electrons. The number of rotatable bonds is 5. The summed E-state index contributed by atoms with van der Waals surface area (Å²) in [5.41, 5.74) is 0.700. The third-order valence-corrected chi connectivity index (χ3v) is 7.33. The van der Waals surface area contributed by atoms with Gasteiger partial charge >= 0.3 is 0 Å².